The number of likely N-dealkylation sites (tertiary alicyclic amines) is 1. The van der Waals surface area contributed by atoms with Crippen molar-refractivity contribution in [1.29, 1.82) is 0 Å². The van der Waals surface area contributed by atoms with E-state index in [2.05, 4.69) is 10.2 Å². The minimum atomic E-state index is 0.943. The van der Waals surface area contributed by atoms with E-state index < -0.39 is 0 Å². The van der Waals surface area contributed by atoms with Crippen LogP contribution >= 0.6 is 0 Å². The summed E-state index contributed by atoms with van der Waals surface area (Å²) in [5.74, 6) is 2.01. The Morgan fingerprint density at radius 3 is 2.93 bits per heavy atom. The van der Waals surface area contributed by atoms with Crippen LogP contribution in [0.4, 0.5) is 0 Å². The van der Waals surface area contributed by atoms with Gasteiger partial charge >= 0.3 is 0 Å². The maximum atomic E-state index is 3.54. The first-order valence-corrected chi connectivity index (χ1v) is 6.88. The summed E-state index contributed by atoms with van der Waals surface area (Å²) in [5.41, 5.74) is 0. The van der Waals surface area contributed by atoms with Gasteiger partial charge in [0.1, 0.15) is 0 Å². The molecule has 1 N–H and O–H groups in total. The van der Waals surface area contributed by atoms with Gasteiger partial charge in [-0.15, -0.1) is 0 Å². The van der Waals surface area contributed by atoms with Crippen LogP contribution in [0.15, 0.2) is 0 Å². The number of piperidine rings is 1. The third kappa shape index (κ3) is 2.07. The highest BCUT2D eigenvalue weighted by molar-refractivity contribution is 4.92. The zero-order valence-corrected chi connectivity index (χ0v) is 9.75. The number of rotatable bonds is 2. The zero-order valence-electron chi connectivity index (χ0n) is 9.75. The molecule has 2 heteroatoms. The van der Waals surface area contributed by atoms with Gasteiger partial charge in [0.2, 0.25) is 0 Å². The quantitative estimate of drug-likeness (QED) is 0.745. The molecule has 1 saturated carbocycles. The lowest BCUT2D eigenvalue weighted by Crippen LogP contribution is -2.40. The normalized spacial score (nSPS) is 42.0. The summed E-state index contributed by atoms with van der Waals surface area (Å²) in [4.78, 5) is 2.81. The number of nitrogens with one attached hydrogen (secondary N) is 1. The summed E-state index contributed by atoms with van der Waals surface area (Å²) in [7, 11) is 0. The van der Waals surface area contributed by atoms with Gasteiger partial charge in [0.25, 0.3) is 0 Å². The first-order valence-electron chi connectivity index (χ1n) is 6.88. The third-order valence-corrected chi connectivity index (χ3v) is 4.77. The van der Waals surface area contributed by atoms with Crippen LogP contribution in [0.5, 0.6) is 0 Å². The van der Waals surface area contributed by atoms with Gasteiger partial charge in [-0.1, -0.05) is 6.42 Å². The van der Waals surface area contributed by atoms with Crippen molar-refractivity contribution in [3.05, 3.63) is 0 Å². The SMILES string of the molecule is C1CNCC(CN2CCC3CCCC32)C1. The lowest BCUT2D eigenvalue weighted by atomic mass is 9.98. The molecule has 0 aromatic rings. The van der Waals surface area contributed by atoms with Crippen LogP contribution in [0.25, 0.3) is 0 Å². The van der Waals surface area contributed by atoms with Gasteiger partial charge in [-0.3, -0.25) is 4.90 Å². The van der Waals surface area contributed by atoms with E-state index >= 15 is 0 Å². The molecule has 2 nitrogen and oxygen atoms in total. The summed E-state index contributed by atoms with van der Waals surface area (Å²) in [6, 6.07) is 0.979. The molecule has 15 heavy (non-hydrogen) atoms. The van der Waals surface area contributed by atoms with Crippen molar-refractivity contribution in [3.63, 3.8) is 0 Å². The van der Waals surface area contributed by atoms with Crippen molar-refractivity contribution < 1.29 is 0 Å². The Balaban J connectivity index is 1.54. The zero-order chi connectivity index (χ0) is 10.1. The molecule has 2 heterocycles. The standard InChI is InChI=1S/C13H24N2/c1-4-12-6-8-15(13(12)5-1)10-11-3-2-7-14-9-11/h11-14H,1-10H2. The van der Waals surface area contributed by atoms with Crippen LogP contribution in [-0.4, -0.2) is 37.1 Å². The molecule has 0 aromatic carbocycles. The molecule has 0 amide bonds. The molecular weight excluding hydrogens is 184 g/mol. The summed E-state index contributed by atoms with van der Waals surface area (Å²) < 4.78 is 0. The second-order valence-corrected chi connectivity index (χ2v) is 5.75. The molecule has 0 spiro atoms. The monoisotopic (exact) mass is 208 g/mol. The molecule has 2 saturated heterocycles. The van der Waals surface area contributed by atoms with E-state index in [-0.39, 0.29) is 0 Å². The Labute approximate surface area is 93.4 Å². The van der Waals surface area contributed by atoms with E-state index in [1.165, 1.54) is 64.7 Å². The smallest absolute Gasteiger partial charge is 0.0124 e. The van der Waals surface area contributed by atoms with E-state index in [0.29, 0.717) is 0 Å². The first kappa shape index (κ1) is 10.1. The van der Waals surface area contributed by atoms with Gasteiger partial charge in [0.15, 0.2) is 0 Å². The van der Waals surface area contributed by atoms with Crippen LogP contribution in [-0.2, 0) is 0 Å². The maximum Gasteiger partial charge on any atom is 0.0124 e. The van der Waals surface area contributed by atoms with Crippen LogP contribution in [0.3, 0.4) is 0 Å². The van der Waals surface area contributed by atoms with Gasteiger partial charge in [0.05, 0.1) is 0 Å². The third-order valence-electron chi connectivity index (χ3n) is 4.77. The molecule has 3 aliphatic rings. The Kier molecular flexibility index (Phi) is 2.98. The summed E-state index contributed by atoms with van der Waals surface area (Å²) in [6.45, 7) is 5.30. The number of fused-ring (bicyclic) bond motifs is 1. The molecule has 0 aromatic heterocycles. The van der Waals surface area contributed by atoms with Crippen LogP contribution in [0, 0.1) is 11.8 Å². The Morgan fingerprint density at radius 1 is 1.07 bits per heavy atom. The molecule has 2 aliphatic heterocycles. The minimum absolute atomic E-state index is 0.943. The highest BCUT2D eigenvalue weighted by Gasteiger charge is 2.37. The van der Waals surface area contributed by atoms with Crippen LogP contribution < -0.4 is 5.32 Å². The second kappa shape index (κ2) is 4.42. The minimum Gasteiger partial charge on any atom is -0.316 e. The van der Waals surface area contributed by atoms with Gasteiger partial charge in [0, 0.05) is 12.6 Å². The van der Waals surface area contributed by atoms with E-state index in [1.807, 2.05) is 0 Å². The lowest BCUT2D eigenvalue weighted by molar-refractivity contribution is 0.186. The van der Waals surface area contributed by atoms with Crippen LogP contribution in [0.2, 0.25) is 0 Å². The Bertz CT molecular complexity index is 211. The number of hydrogen-bond acceptors (Lipinski definition) is 2. The molecule has 86 valence electrons. The van der Waals surface area contributed by atoms with Gasteiger partial charge in [-0.2, -0.15) is 0 Å². The molecular formula is C13H24N2. The molecule has 3 atom stereocenters. The fourth-order valence-electron chi connectivity index (χ4n) is 3.97. The average molecular weight is 208 g/mol. The second-order valence-electron chi connectivity index (χ2n) is 5.75. The Hall–Kier alpha value is -0.0800. The number of hydrogen-bond donors (Lipinski definition) is 1. The molecule has 3 rings (SSSR count). The average Bonchev–Trinajstić information content (AvgIpc) is 2.85. The maximum absolute atomic E-state index is 3.54. The van der Waals surface area contributed by atoms with E-state index in [4.69, 9.17) is 0 Å². The largest absolute Gasteiger partial charge is 0.316 e. The number of nitrogens with zero attached hydrogens (tertiary/aromatic N) is 1. The summed E-state index contributed by atoms with van der Waals surface area (Å²) in [6.07, 6.45) is 8.85. The van der Waals surface area contributed by atoms with E-state index in [1.54, 1.807) is 0 Å². The predicted molar refractivity (Wildman–Crippen MR) is 62.9 cm³/mol. The van der Waals surface area contributed by atoms with Crippen molar-refractivity contribution >= 4 is 0 Å². The molecule has 0 bridgehead atoms. The van der Waals surface area contributed by atoms with Crippen molar-refractivity contribution in [2.45, 2.75) is 44.6 Å². The van der Waals surface area contributed by atoms with Crippen molar-refractivity contribution in [1.82, 2.24) is 10.2 Å². The highest BCUT2D eigenvalue weighted by atomic mass is 15.2. The highest BCUT2D eigenvalue weighted by Crippen LogP contribution is 2.38. The lowest BCUT2D eigenvalue weighted by Gasteiger charge is -2.30. The molecule has 3 unspecified atom stereocenters. The van der Waals surface area contributed by atoms with Crippen molar-refractivity contribution in [2.24, 2.45) is 11.8 Å². The van der Waals surface area contributed by atoms with Crippen molar-refractivity contribution in [3.8, 4) is 0 Å². The molecule has 1 aliphatic carbocycles. The summed E-state index contributed by atoms with van der Waals surface area (Å²) >= 11 is 0. The molecule has 3 fully saturated rings. The van der Waals surface area contributed by atoms with Crippen LogP contribution in [0.1, 0.15) is 38.5 Å². The topological polar surface area (TPSA) is 15.3 Å². The predicted octanol–water partition coefficient (Wildman–Crippen LogP) is 1.86. The summed E-state index contributed by atoms with van der Waals surface area (Å²) in [5, 5.41) is 3.54. The van der Waals surface area contributed by atoms with Gasteiger partial charge in [-0.25, -0.2) is 0 Å². The fraction of sp³-hybridized carbons (Fsp3) is 1.00. The first-order chi connectivity index (χ1) is 7.43. The van der Waals surface area contributed by atoms with E-state index in [0.717, 1.165) is 17.9 Å². The van der Waals surface area contributed by atoms with Gasteiger partial charge in [-0.05, 0) is 63.6 Å². The van der Waals surface area contributed by atoms with E-state index in [9.17, 15) is 0 Å². The molecule has 0 radical (unpaired) electrons. The fourth-order valence-corrected chi connectivity index (χ4v) is 3.97. The van der Waals surface area contributed by atoms with Gasteiger partial charge < -0.3 is 5.32 Å². The Morgan fingerprint density at radius 2 is 2.07 bits per heavy atom. The van der Waals surface area contributed by atoms with Crippen molar-refractivity contribution in [2.75, 3.05) is 26.2 Å².